The van der Waals surface area contributed by atoms with Crippen LogP contribution < -0.4 is 0 Å². The van der Waals surface area contributed by atoms with Crippen LogP contribution in [0, 0.1) is 0 Å². The summed E-state index contributed by atoms with van der Waals surface area (Å²) < 4.78 is 16.1. The molecule has 1 aliphatic rings. The summed E-state index contributed by atoms with van der Waals surface area (Å²) in [5.74, 6) is -0.785. The number of esters is 2. The average Bonchev–Trinajstić information content (AvgIpc) is 2.48. The Morgan fingerprint density at radius 1 is 1.09 bits per heavy atom. The zero-order valence-corrected chi connectivity index (χ0v) is 12.7. The molecule has 5 nitrogen and oxygen atoms in total. The summed E-state index contributed by atoms with van der Waals surface area (Å²) in [5, 5.41) is 0. The van der Waals surface area contributed by atoms with Crippen molar-refractivity contribution < 1.29 is 23.8 Å². The highest BCUT2D eigenvalue weighted by atomic mass is 16.6. The Morgan fingerprint density at radius 2 is 1.82 bits per heavy atom. The van der Waals surface area contributed by atoms with Gasteiger partial charge >= 0.3 is 11.9 Å². The van der Waals surface area contributed by atoms with Gasteiger partial charge in [0, 0.05) is 20.3 Å². The molecule has 0 radical (unpaired) electrons. The molecule has 118 valence electrons. The maximum atomic E-state index is 11.1. The molecule has 0 bridgehead atoms. The third kappa shape index (κ3) is 5.00. The van der Waals surface area contributed by atoms with Gasteiger partial charge in [-0.05, 0) is 11.6 Å². The molecule has 1 unspecified atom stereocenters. The molecule has 0 saturated heterocycles. The molecule has 0 aromatic heterocycles. The van der Waals surface area contributed by atoms with Gasteiger partial charge in [0.25, 0.3) is 0 Å². The minimum absolute atomic E-state index is 0.0584. The van der Waals surface area contributed by atoms with Gasteiger partial charge in [0.05, 0.1) is 6.10 Å². The lowest BCUT2D eigenvalue weighted by molar-refractivity contribution is -0.163. The maximum absolute atomic E-state index is 11.1. The smallest absolute Gasteiger partial charge is 0.303 e. The van der Waals surface area contributed by atoms with E-state index in [4.69, 9.17) is 14.2 Å². The summed E-state index contributed by atoms with van der Waals surface area (Å²) in [7, 11) is 0. The number of carbonyl (C=O) groups excluding carboxylic acids is 2. The van der Waals surface area contributed by atoms with E-state index < -0.39 is 18.2 Å². The lowest BCUT2D eigenvalue weighted by Gasteiger charge is -2.31. The highest BCUT2D eigenvalue weighted by molar-refractivity contribution is 5.66. The highest BCUT2D eigenvalue weighted by Crippen LogP contribution is 2.20. The molecule has 2 rings (SSSR count). The van der Waals surface area contributed by atoms with Crippen LogP contribution in [0.25, 0.3) is 0 Å². The van der Waals surface area contributed by atoms with E-state index in [1.807, 2.05) is 36.4 Å². The molecule has 0 spiro atoms. The lowest BCUT2D eigenvalue weighted by Crippen LogP contribution is -2.41. The zero-order valence-electron chi connectivity index (χ0n) is 12.7. The second kappa shape index (κ2) is 7.75. The second-order valence-electron chi connectivity index (χ2n) is 5.16. The largest absolute Gasteiger partial charge is 0.463 e. The monoisotopic (exact) mass is 304 g/mol. The average molecular weight is 304 g/mol. The van der Waals surface area contributed by atoms with Gasteiger partial charge in [0.15, 0.2) is 0 Å². The molecule has 1 aromatic rings. The molecular formula is C17H20O5. The first-order chi connectivity index (χ1) is 10.5. The molecule has 22 heavy (non-hydrogen) atoms. The second-order valence-corrected chi connectivity index (χ2v) is 5.16. The number of ether oxygens (including phenoxy) is 3. The summed E-state index contributed by atoms with van der Waals surface area (Å²) in [6.07, 6.45) is 3.21. The van der Waals surface area contributed by atoms with Crippen LogP contribution >= 0.6 is 0 Å². The Kier molecular flexibility index (Phi) is 5.72. The molecule has 0 N–H and O–H groups in total. The van der Waals surface area contributed by atoms with E-state index >= 15 is 0 Å². The van der Waals surface area contributed by atoms with E-state index in [0.29, 0.717) is 6.42 Å². The molecule has 5 heteroatoms. The van der Waals surface area contributed by atoms with E-state index in [0.717, 1.165) is 5.56 Å². The predicted octanol–water partition coefficient (Wildman–Crippen LogP) is 2.05. The molecular weight excluding hydrogens is 284 g/mol. The number of benzene rings is 1. The number of carbonyl (C=O) groups is 2. The van der Waals surface area contributed by atoms with Crippen LogP contribution in [0.3, 0.4) is 0 Å². The summed E-state index contributed by atoms with van der Waals surface area (Å²) in [4.78, 5) is 22.1. The van der Waals surface area contributed by atoms with E-state index in [1.165, 1.54) is 13.8 Å². The van der Waals surface area contributed by atoms with Crippen LogP contribution in [-0.2, 0) is 30.2 Å². The fourth-order valence-electron chi connectivity index (χ4n) is 2.31. The third-order valence-electron chi connectivity index (χ3n) is 3.26. The minimum atomic E-state index is -0.538. The molecule has 0 aliphatic carbocycles. The van der Waals surface area contributed by atoms with Crippen LogP contribution in [0.5, 0.6) is 0 Å². The van der Waals surface area contributed by atoms with Gasteiger partial charge in [-0.1, -0.05) is 36.4 Å². The molecule has 3 atom stereocenters. The van der Waals surface area contributed by atoms with Crippen molar-refractivity contribution in [1.82, 2.24) is 0 Å². The van der Waals surface area contributed by atoms with Crippen LogP contribution in [-0.4, -0.2) is 36.9 Å². The summed E-state index contributed by atoms with van der Waals surface area (Å²) >= 11 is 0. The predicted molar refractivity (Wildman–Crippen MR) is 80.1 cm³/mol. The van der Waals surface area contributed by atoms with Crippen LogP contribution in [0.4, 0.5) is 0 Å². The Hall–Kier alpha value is -2.14. The molecule has 0 saturated carbocycles. The van der Waals surface area contributed by atoms with Gasteiger partial charge in [-0.25, -0.2) is 0 Å². The van der Waals surface area contributed by atoms with Gasteiger partial charge in [0.2, 0.25) is 0 Å². The normalized spacial score (nSPS) is 23.8. The molecule has 0 fully saturated rings. The number of hydrogen-bond acceptors (Lipinski definition) is 5. The van der Waals surface area contributed by atoms with Gasteiger partial charge in [-0.3, -0.25) is 9.59 Å². The highest BCUT2D eigenvalue weighted by Gasteiger charge is 2.30. The SMILES string of the molecule is CC(=O)OC[C@H]1OC(Cc2ccccc2)C=C[C@@H]1OC(C)=O. The van der Waals surface area contributed by atoms with Crippen molar-refractivity contribution in [3.8, 4) is 0 Å². The van der Waals surface area contributed by atoms with Crippen molar-refractivity contribution in [3.63, 3.8) is 0 Å². The fourth-order valence-corrected chi connectivity index (χ4v) is 2.31. The molecule has 1 heterocycles. The minimum Gasteiger partial charge on any atom is -0.463 e. The van der Waals surface area contributed by atoms with Crippen molar-refractivity contribution in [2.45, 2.75) is 38.6 Å². The maximum Gasteiger partial charge on any atom is 0.303 e. The van der Waals surface area contributed by atoms with Crippen molar-refractivity contribution in [1.29, 1.82) is 0 Å². The van der Waals surface area contributed by atoms with Crippen LogP contribution in [0.1, 0.15) is 19.4 Å². The van der Waals surface area contributed by atoms with E-state index in [1.54, 1.807) is 6.08 Å². The molecule has 0 amide bonds. The Bertz CT molecular complexity index is 537. The quantitative estimate of drug-likeness (QED) is 0.615. The summed E-state index contributed by atoms with van der Waals surface area (Å²) in [6, 6.07) is 9.95. The number of hydrogen-bond donors (Lipinski definition) is 0. The van der Waals surface area contributed by atoms with Crippen molar-refractivity contribution >= 4 is 11.9 Å². The van der Waals surface area contributed by atoms with Crippen molar-refractivity contribution in [3.05, 3.63) is 48.0 Å². The van der Waals surface area contributed by atoms with Crippen LogP contribution in [0.15, 0.2) is 42.5 Å². The first kappa shape index (κ1) is 16.2. The standard InChI is InChI=1S/C17H20O5/c1-12(18)20-11-17-16(21-13(2)19)9-8-15(22-17)10-14-6-4-3-5-7-14/h3-9,15-17H,10-11H2,1-2H3/t15?,16-,17+/m0/s1. The van der Waals surface area contributed by atoms with Crippen molar-refractivity contribution in [2.75, 3.05) is 6.61 Å². The third-order valence-corrected chi connectivity index (χ3v) is 3.26. The Balaban J connectivity index is 2.02. The number of rotatable bonds is 5. The zero-order chi connectivity index (χ0) is 15.9. The summed E-state index contributed by atoms with van der Waals surface area (Å²) in [5.41, 5.74) is 1.15. The molecule has 1 aromatic carbocycles. The van der Waals surface area contributed by atoms with Gasteiger partial charge < -0.3 is 14.2 Å². The first-order valence-corrected chi connectivity index (χ1v) is 7.23. The fraction of sp³-hybridized carbons (Fsp3) is 0.412. The Labute approximate surface area is 129 Å². The van der Waals surface area contributed by atoms with E-state index in [9.17, 15) is 9.59 Å². The lowest BCUT2D eigenvalue weighted by atomic mass is 10.0. The van der Waals surface area contributed by atoms with Gasteiger partial charge in [0.1, 0.15) is 18.8 Å². The van der Waals surface area contributed by atoms with Crippen LogP contribution in [0.2, 0.25) is 0 Å². The summed E-state index contributed by atoms with van der Waals surface area (Å²) in [6.45, 7) is 2.73. The van der Waals surface area contributed by atoms with Gasteiger partial charge in [-0.2, -0.15) is 0 Å². The van der Waals surface area contributed by atoms with E-state index in [-0.39, 0.29) is 18.7 Å². The first-order valence-electron chi connectivity index (χ1n) is 7.23. The van der Waals surface area contributed by atoms with E-state index in [2.05, 4.69) is 0 Å². The topological polar surface area (TPSA) is 61.8 Å². The van der Waals surface area contributed by atoms with Gasteiger partial charge in [-0.15, -0.1) is 0 Å². The van der Waals surface area contributed by atoms with Crippen molar-refractivity contribution in [2.24, 2.45) is 0 Å². The molecule has 1 aliphatic heterocycles. The Morgan fingerprint density at radius 3 is 2.45 bits per heavy atom.